The summed E-state index contributed by atoms with van der Waals surface area (Å²) in [6.07, 6.45) is 87.9. The highest BCUT2D eigenvalue weighted by molar-refractivity contribution is 5.71. The van der Waals surface area contributed by atoms with Crippen molar-refractivity contribution in [3.63, 3.8) is 0 Å². The zero-order valence-corrected chi connectivity index (χ0v) is 54.8. The second-order valence-electron chi connectivity index (χ2n) is 24.8. The van der Waals surface area contributed by atoms with Gasteiger partial charge in [-0.2, -0.15) is 0 Å². The van der Waals surface area contributed by atoms with Gasteiger partial charge in [-0.05, 0) is 51.4 Å². The van der Waals surface area contributed by atoms with Gasteiger partial charge in [0.2, 0.25) is 0 Å². The van der Waals surface area contributed by atoms with Crippen LogP contribution in [0, 0.1) is 0 Å². The molecule has 6 nitrogen and oxygen atoms in total. The molecular formula is C75H140O6. The van der Waals surface area contributed by atoms with Crippen molar-refractivity contribution in [2.75, 3.05) is 13.2 Å². The Kier molecular flexibility index (Phi) is 68.1. The quantitative estimate of drug-likeness (QED) is 0.0261. The Labute approximate surface area is 506 Å². The normalized spacial score (nSPS) is 12.2. The highest BCUT2D eigenvalue weighted by atomic mass is 16.6. The molecule has 0 amide bonds. The van der Waals surface area contributed by atoms with Crippen molar-refractivity contribution in [3.05, 3.63) is 36.5 Å². The largest absolute Gasteiger partial charge is 0.462 e. The van der Waals surface area contributed by atoms with Crippen LogP contribution in [0.5, 0.6) is 0 Å². The van der Waals surface area contributed by atoms with Gasteiger partial charge in [-0.1, -0.05) is 372 Å². The molecule has 0 aliphatic rings. The fraction of sp³-hybridized carbons (Fsp3) is 0.880. The lowest BCUT2D eigenvalue weighted by atomic mass is 10.0. The topological polar surface area (TPSA) is 78.9 Å². The van der Waals surface area contributed by atoms with Gasteiger partial charge in [0.05, 0.1) is 0 Å². The smallest absolute Gasteiger partial charge is 0.306 e. The molecule has 0 aromatic carbocycles. The Balaban J connectivity index is 4.03. The maximum atomic E-state index is 12.9. The number of ether oxygens (including phenoxy) is 3. The Morgan fingerprint density at radius 2 is 0.481 bits per heavy atom. The summed E-state index contributed by atoms with van der Waals surface area (Å²) >= 11 is 0. The van der Waals surface area contributed by atoms with E-state index in [2.05, 4.69) is 57.2 Å². The number of unbranched alkanes of at least 4 members (excludes halogenated alkanes) is 51. The van der Waals surface area contributed by atoms with Gasteiger partial charge < -0.3 is 14.2 Å². The molecule has 476 valence electrons. The zero-order chi connectivity index (χ0) is 58.5. The first-order chi connectivity index (χ1) is 40.0. The van der Waals surface area contributed by atoms with E-state index in [1.165, 1.54) is 283 Å². The lowest BCUT2D eigenvalue weighted by Crippen LogP contribution is -2.30. The number of carbonyl (C=O) groups excluding carboxylic acids is 3. The molecule has 0 bridgehead atoms. The van der Waals surface area contributed by atoms with Crippen LogP contribution in [0.15, 0.2) is 36.5 Å². The molecule has 0 heterocycles. The summed E-state index contributed by atoms with van der Waals surface area (Å²) in [5.74, 6) is -0.880. The van der Waals surface area contributed by atoms with Crippen molar-refractivity contribution in [3.8, 4) is 0 Å². The molecule has 0 aromatic heterocycles. The van der Waals surface area contributed by atoms with Crippen LogP contribution in [0.25, 0.3) is 0 Å². The molecule has 0 rings (SSSR count). The molecule has 0 fully saturated rings. The first-order valence-corrected chi connectivity index (χ1v) is 36.5. The van der Waals surface area contributed by atoms with Crippen molar-refractivity contribution in [1.29, 1.82) is 0 Å². The minimum atomic E-state index is -0.781. The van der Waals surface area contributed by atoms with Crippen molar-refractivity contribution in [1.82, 2.24) is 0 Å². The maximum absolute atomic E-state index is 12.9. The van der Waals surface area contributed by atoms with Crippen LogP contribution in [0.2, 0.25) is 0 Å². The van der Waals surface area contributed by atoms with Gasteiger partial charge in [0.25, 0.3) is 0 Å². The van der Waals surface area contributed by atoms with Crippen LogP contribution in [0.3, 0.4) is 0 Å². The van der Waals surface area contributed by atoms with Gasteiger partial charge in [-0.3, -0.25) is 14.4 Å². The Morgan fingerprint density at radius 3 is 0.753 bits per heavy atom. The first-order valence-electron chi connectivity index (χ1n) is 36.5. The predicted molar refractivity (Wildman–Crippen MR) is 353 cm³/mol. The van der Waals surface area contributed by atoms with Crippen molar-refractivity contribution in [2.24, 2.45) is 0 Å². The second kappa shape index (κ2) is 70.1. The van der Waals surface area contributed by atoms with E-state index < -0.39 is 6.10 Å². The average Bonchev–Trinajstić information content (AvgIpc) is 3.46. The number of esters is 3. The Hall–Kier alpha value is -2.37. The van der Waals surface area contributed by atoms with Gasteiger partial charge in [0.15, 0.2) is 6.10 Å². The third-order valence-corrected chi connectivity index (χ3v) is 16.7. The van der Waals surface area contributed by atoms with Gasteiger partial charge in [-0.25, -0.2) is 0 Å². The van der Waals surface area contributed by atoms with Gasteiger partial charge >= 0.3 is 17.9 Å². The highest BCUT2D eigenvalue weighted by Crippen LogP contribution is 2.19. The van der Waals surface area contributed by atoms with E-state index in [1.807, 2.05) is 0 Å². The average molecular weight is 1140 g/mol. The van der Waals surface area contributed by atoms with Crippen molar-refractivity contribution < 1.29 is 28.6 Å². The number of hydrogen-bond acceptors (Lipinski definition) is 6. The van der Waals surface area contributed by atoms with Crippen LogP contribution >= 0.6 is 0 Å². The van der Waals surface area contributed by atoms with E-state index in [0.717, 1.165) is 83.5 Å². The van der Waals surface area contributed by atoms with Crippen LogP contribution in [-0.2, 0) is 28.6 Å². The molecule has 6 heteroatoms. The fourth-order valence-electron chi connectivity index (χ4n) is 11.2. The van der Waals surface area contributed by atoms with E-state index in [1.54, 1.807) is 0 Å². The molecule has 0 saturated carbocycles. The summed E-state index contributed by atoms with van der Waals surface area (Å²) in [5.41, 5.74) is 0. The van der Waals surface area contributed by atoms with E-state index in [0.29, 0.717) is 19.3 Å². The molecule has 0 saturated heterocycles. The SMILES string of the molecule is CC/C=C\C/C=C\C/C=C\CCCCCC(=O)OCC(COC(=O)CCCCCCCCCCCCCCCCCCCCCCCCCCCCCCCCCCCCC)OC(=O)CCCCCCCCCCCCCCCCC. The van der Waals surface area contributed by atoms with Crippen LogP contribution in [-0.4, -0.2) is 37.2 Å². The molecule has 1 unspecified atom stereocenters. The number of rotatable bonds is 68. The third-order valence-electron chi connectivity index (χ3n) is 16.7. The van der Waals surface area contributed by atoms with Crippen molar-refractivity contribution >= 4 is 17.9 Å². The fourth-order valence-corrected chi connectivity index (χ4v) is 11.2. The summed E-state index contributed by atoms with van der Waals surface area (Å²) in [6.45, 7) is 6.57. The first kappa shape index (κ1) is 78.6. The summed E-state index contributed by atoms with van der Waals surface area (Å²) in [6, 6.07) is 0. The number of carbonyl (C=O) groups is 3. The monoisotopic (exact) mass is 1140 g/mol. The third kappa shape index (κ3) is 68.3. The molecule has 0 aromatic rings. The van der Waals surface area contributed by atoms with Gasteiger partial charge in [0, 0.05) is 19.3 Å². The maximum Gasteiger partial charge on any atom is 0.306 e. The number of hydrogen-bond donors (Lipinski definition) is 0. The summed E-state index contributed by atoms with van der Waals surface area (Å²) in [4.78, 5) is 38.3. The van der Waals surface area contributed by atoms with Crippen LogP contribution in [0.4, 0.5) is 0 Å². The zero-order valence-electron chi connectivity index (χ0n) is 54.8. The molecule has 0 N–H and O–H groups in total. The summed E-state index contributed by atoms with van der Waals surface area (Å²) < 4.78 is 16.9. The highest BCUT2D eigenvalue weighted by Gasteiger charge is 2.19. The van der Waals surface area contributed by atoms with Crippen LogP contribution < -0.4 is 0 Å². The minimum absolute atomic E-state index is 0.0760. The second-order valence-corrected chi connectivity index (χ2v) is 24.8. The molecule has 0 aliphatic carbocycles. The van der Waals surface area contributed by atoms with Gasteiger partial charge in [0.1, 0.15) is 13.2 Å². The molecule has 0 radical (unpaired) electrons. The molecular weight excluding hydrogens is 997 g/mol. The van der Waals surface area contributed by atoms with Gasteiger partial charge in [-0.15, -0.1) is 0 Å². The Morgan fingerprint density at radius 1 is 0.259 bits per heavy atom. The molecule has 81 heavy (non-hydrogen) atoms. The van der Waals surface area contributed by atoms with Crippen molar-refractivity contribution in [2.45, 2.75) is 412 Å². The van der Waals surface area contributed by atoms with E-state index in [9.17, 15) is 14.4 Å². The predicted octanol–water partition coefficient (Wildman–Crippen LogP) is 25.1. The van der Waals surface area contributed by atoms with E-state index in [-0.39, 0.29) is 31.1 Å². The van der Waals surface area contributed by atoms with E-state index in [4.69, 9.17) is 14.2 Å². The lowest BCUT2D eigenvalue weighted by Gasteiger charge is -2.18. The van der Waals surface area contributed by atoms with Crippen LogP contribution in [0.1, 0.15) is 406 Å². The molecule has 0 spiro atoms. The molecule has 1 atom stereocenters. The minimum Gasteiger partial charge on any atom is -0.462 e. The standard InChI is InChI=1S/C75H140O6/c1-4-7-10-13-16-19-22-25-27-28-29-30-31-32-33-34-35-36-37-38-39-40-41-42-43-44-45-46-48-50-53-56-59-62-65-68-74(77)80-71-72(70-79-73(76)67-64-61-58-55-52-49-24-21-18-15-12-9-6-3)81-75(78)69-66-63-60-57-54-51-47-26-23-20-17-14-11-8-5-2/h9,12,18,21,49,52,72H,4-8,10-11,13-17,19-20,22-48,50-51,53-71H2,1-3H3/b12-9-,21-18-,52-49-. The summed E-state index contributed by atoms with van der Waals surface area (Å²) in [5, 5.41) is 0. The van der Waals surface area contributed by atoms with E-state index >= 15 is 0 Å². The Bertz CT molecular complexity index is 1350. The summed E-state index contributed by atoms with van der Waals surface area (Å²) in [7, 11) is 0. The number of allylic oxidation sites excluding steroid dienone is 6. The lowest BCUT2D eigenvalue weighted by molar-refractivity contribution is -0.167. The molecule has 0 aliphatic heterocycles.